The zero-order valence-corrected chi connectivity index (χ0v) is 19.6. The van der Waals surface area contributed by atoms with E-state index in [1.807, 2.05) is 39.0 Å². The van der Waals surface area contributed by atoms with Gasteiger partial charge in [0.1, 0.15) is 5.75 Å². The van der Waals surface area contributed by atoms with Crippen molar-refractivity contribution >= 4 is 27.3 Å². The highest BCUT2D eigenvalue weighted by atomic mass is 32.2. The minimum atomic E-state index is -3.50. The second-order valence-corrected chi connectivity index (χ2v) is 9.52. The molecule has 168 valence electrons. The Labute approximate surface area is 189 Å². The summed E-state index contributed by atoms with van der Waals surface area (Å²) in [6, 6.07) is 19.7. The predicted octanol–water partition coefficient (Wildman–Crippen LogP) is 4.92. The van der Waals surface area contributed by atoms with Gasteiger partial charge < -0.3 is 10.1 Å². The minimum absolute atomic E-state index is 0.158. The summed E-state index contributed by atoms with van der Waals surface area (Å²) < 4.78 is 31.6. The van der Waals surface area contributed by atoms with Crippen LogP contribution < -0.4 is 14.4 Å². The SMILES string of the molecule is CCOc1ccc(N(Cc2ccc(C(=O)Nc3c(C)cccc3C)cc2)S(C)(=O)=O)cc1. The first kappa shape index (κ1) is 23.3. The fraction of sp³-hybridized carbons (Fsp3) is 0.240. The lowest BCUT2D eigenvalue weighted by molar-refractivity contribution is 0.102. The molecule has 0 aliphatic heterocycles. The van der Waals surface area contributed by atoms with E-state index in [2.05, 4.69) is 5.32 Å². The Morgan fingerprint density at radius 3 is 2.06 bits per heavy atom. The lowest BCUT2D eigenvalue weighted by Gasteiger charge is -2.23. The lowest BCUT2D eigenvalue weighted by atomic mass is 10.1. The molecule has 3 rings (SSSR count). The number of rotatable bonds is 8. The number of nitrogens with zero attached hydrogens (tertiary/aromatic N) is 1. The van der Waals surface area contributed by atoms with Crippen molar-refractivity contribution in [3.63, 3.8) is 0 Å². The largest absolute Gasteiger partial charge is 0.494 e. The van der Waals surface area contributed by atoms with Crippen LogP contribution in [-0.4, -0.2) is 27.2 Å². The number of ether oxygens (including phenoxy) is 1. The van der Waals surface area contributed by atoms with Crippen molar-refractivity contribution in [1.29, 1.82) is 0 Å². The molecular formula is C25H28N2O4S. The summed E-state index contributed by atoms with van der Waals surface area (Å²) in [5, 5.41) is 2.96. The number of sulfonamides is 1. The average Bonchev–Trinajstić information content (AvgIpc) is 2.75. The maximum atomic E-state index is 12.7. The maximum absolute atomic E-state index is 12.7. The van der Waals surface area contributed by atoms with Crippen LogP contribution in [0.3, 0.4) is 0 Å². The molecule has 0 bridgehead atoms. The van der Waals surface area contributed by atoms with Gasteiger partial charge in [-0.3, -0.25) is 9.10 Å². The first-order valence-corrected chi connectivity index (χ1v) is 12.2. The maximum Gasteiger partial charge on any atom is 0.255 e. The van der Waals surface area contributed by atoms with Gasteiger partial charge in [-0.1, -0.05) is 30.3 Å². The molecule has 1 N–H and O–H groups in total. The van der Waals surface area contributed by atoms with Crippen LogP contribution in [0, 0.1) is 13.8 Å². The molecule has 7 heteroatoms. The van der Waals surface area contributed by atoms with Crippen LogP contribution in [0.15, 0.2) is 66.7 Å². The number of anilines is 2. The van der Waals surface area contributed by atoms with Gasteiger partial charge >= 0.3 is 0 Å². The number of aryl methyl sites for hydroxylation is 2. The Morgan fingerprint density at radius 2 is 1.53 bits per heavy atom. The molecule has 0 radical (unpaired) electrons. The molecule has 0 saturated heterocycles. The molecule has 1 amide bonds. The van der Waals surface area contributed by atoms with E-state index in [9.17, 15) is 13.2 Å². The smallest absolute Gasteiger partial charge is 0.255 e. The van der Waals surface area contributed by atoms with Crippen molar-refractivity contribution in [2.45, 2.75) is 27.3 Å². The average molecular weight is 453 g/mol. The number of hydrogen-bond acceptors (Lipinski definition) is 4. The van der Waals surface area contributed by atoms with Crippen LogP contribution in [0.1, 0.15) is 34.0 Å². The van der Waals surface area contributed by atoms with Crippen molar-refractivity contribution in [1.82, 2.24) is 0 Å². The third-order valence-corrected chi connectivity index (χ3v) is 6.24. The summed E-state index contributed by atoms with van der Waals surface area (Å²) in [6.45, 7) is 6.49. The molecule has 0 aliphatic carbocycles. The number of nitrogens with one attached hydrogen (secondary N) is 1. The van der Waals surface area contributed by atoms with E-state index in [4.69, 9.17) is 4.74 Å². The monoisotopic (exact) mass is 452 g/mol. The molecule has 0 aromatic heterocycles. The Bertz CT molecular complexity index is 1170. The molecule has 0 fully saturated rings. The Balaban J connectivity index is 1.77. The van der Waals surface area contributed by atoms with E-state index < -0.39 is 10.0 Å². The first-order valence-electron chi connectivity index (χ1n) is 10.4. The van der Waals surface area contributed by atoms with E-state index in [1.165, 1.54) is 10.6 Å². The molecule has 0 aliphatic rings. The van der Waals surface area contributed by atoms with Crippen molar-refractivity contribution in [2.75, 3.05) is 22.5 Å². The molecule has 0 spiro atoms. The van der Waals surface area contributed by atoms with Crippen LogP contribution in [0.4, 0.5) is 11.4 Å². The van der Waals surface area contributed by atoms with Crippen LogP contribution in [0.2, 0.25) is 0 Å². The summed E-state index contributed by atoms with van der Waals surface area (Å²) in [5.74, 6) is 0.476. The lowest BCUT2D eigenvalue weighted by Crippen LogP contribution is -2.29. The number of benzene rings is 3. The van der Waals surface area contributed by atoms with E-state index in [-0.39, 0.29) is 12.5 Å². The topological polar surface area (TPSA) is 75.7 Å². The number of carbonyl (C=O) groups excluding carboxylic acids is 1. The third-order valence-electron chi connectivity index (χ3n) is 5.10. The second kappa shape index (κ2) is 9.87. The molecule has 3 aromatic rings. The predicted molar refractivity (Wildman–Crippen MR) is 129 cm³/mol. The fourth-order valence-corrected chi connectivity index (χ4v) is 4.29. The van der Waals surface area contributed by atoms with E-state index in [0.717, 1.165) is 22.4 Å². The normalized spacial score (nSPS) is 11.1. The van der Waals surface area contributed by atoms with Gasteiger partial charge in [0.05, 0.1) is 25.1 Å². The second-order valence-electron chi connectivity index (χ2n) is 7.61. The fourth-order valence-electron chi connectivity index (χ4n) is 3.40. The molecule has 0 heterocycles. The van der Waals surface area contributed by atoms with Gasteiger partial charge in [-0.25, -0.2) is 8.42 Å². The Hall–Kier alpha value is -3.32. The van der Waals surface area contributed by atoms with Crippen molar-refractivity contribution < 1.29 is 17.9 Å². The standard InChI is InChI=1S/C25H28N2O4S/c1-5-31-23-15-13-22(14-16-23)27(32(4,29)30)17-20-9-11-21(12-10-20)25(28)26-24-18(2)7-6-8-19(24)3/h6-16H,5,17H2,1-4H3,(H,26,28). The van der Waals surface area contributed by atoms with Crippen LogP contribution in [-0.2, 0) is 16.6 Å². The minimum Gasteiger partial charge on any atom is -0.494 e. The molecule has 0 unspecified atom stereocenters. The van der Waals surface area contributed by atoms with Crippen LogP contribution in [0.25, 0.3) is 0 Å². The van der Waals surface area contributed by atoms with Crippen LogP contribution in [0.5, 0.6) is 5.75 Å². The molecular weight excluding hydrogens is 424 g/mol. The summed E-state index contributed by atoms with van der Waals surface area (Å²) in [4.78, 5) is 12.7. The molecule has 32 heavy (non-hydrogen) atoms. The molecule has 6 nitrogen and oxygen atoms in total. The van der Waals surface area contributed by atoms with Gasteiger partial charge in [0, 0.05) is 11.3 Å². The Kier molecular flexibility index (Phi) is 7.20. The number of amides is 1. The van der Waals surface area contributed by atoms with E-state index in [0.29, 0.717) is 23.6 Å². The number of hydrogen-bond donors (Lipinski definition) is 1. The van der Waals surface area contributed by atoms with Gasteiger partial charge in [-0.15, -0.1) is 0 Å². The highest BCUT2D eigenvalue weighted by molar-refractivity contribution is 7.92. The third kappa shape index (κ3) is 5.68. The summed E-state index contributed by atoms with van der Waals surface area (Å²) in [7, 11) is -3.50. The molecule has 3 aromatic carbocycles. The van der Waals surface area contributed by atoms with Crippen LogP contribution >= 0.6 is 0 Å². The first-order chi connectivity index (χ1) is 15.2. The highest BCUT2D eigenvalue weighted by Crippen LogP contribution is 2.24. The van der Waals surface area contributed by atoms with E-state index >= 15 is 0 Å². The zero-order valence-electron chi connectivity index (χ0n) is 18.8. The van der Waals surface area contributed by atoms with E-state index in [1.54, 1.807) is 48.5 Å². The van der Waals surface area contributed by atoms with Crippen molar-refractivity contribution in [3.8, 4) is 5.75 Å². The molecule has 0 saturated carbocycles. The highest BCUT2D eigenvalue weighted by Gasteiger charge is 2.18. The Morgan fingerprint density at radius 1 is 0.938 bits per heavy atom. The summed E-state index contributed by atoms with van der Waals surface area (Å²) >= 11 is 0. The van der Waals surface area contributed by atoms with Crippen molar-refractivity contribution in [2.24, 2.45) is 0 Å². The van der Waals surface area contributed by atoms with Gasteiger partial charge in [-0.2, -0.15) is 0 Å². The van der Waals surface area contributed by atoms with Gasteiger partial charge in [0.2, 0.25) is 10.0 Å². The number of carbonyl (C=O) groups is 1. The van der Waals surface area contributed by atoms with Gasteiger partial charge in [0.15, 0.2) is 0 Å². The van der Waals surface area contributed by atoms with Gasteiger partial charge in [-0.05, 0) is 73.9 Å². The molecule has 0 atom stereocenters. The van der Waals surface area contributed by atoms with Gasteiger partial charge in [0.25, 0.3) is 5.91 Å². The van der Waals surface area contributed by atoms with Crippen molar-refractivity contribution in [3.05, 3.63) is 89.0 Å². The summed E-state index contributed by atoms with van der Waals surface area (Å²) in [6.07, 6.45) is 1.18. The number of para-hydroxylation sites is 1. The quantitative estimate of drug-likeness (QED) is 0.526. The zero-order chi connectivity index (χ0) is 23.3. The summed E-state index contributed by atoms with van der Waals surface area (Å²) in [5.41, 5.74) is 4.62.